The van der Waals surface area contributed by atoms with Crippen molar-refractivity contribution in [3.05, 3.63) is 45.9 Å². The first-order chi connectivity index (χ1) is 13.6. The van der Waals surface area contributed by atoms with E-state index in [1.165, 1.54) is 18.4 Å². The van der Waals surface area contributed by atoms with Crippen molar-refractivity contribution in [2.24, 2.45) is 0 Å². The molecule has 1 amide bonds. The van der Waals surface area contributed by atoms with Gasteiger partial charge in [0.2, 0.25) is 0 Å². The Bertz CT molecular complexity index is 842. The molecule has 1 aromatic carbocycles. The van der Waals surface area contributed by atoms with Crippen molar-refractivity contribution in [1.29, 1.82) is 0 Å². The van der Waals surface area contributed by atoms with Crippen molar-refractivity contribution in [2.75, 3.05) is 25.2 Å². The average Bonchev–Trinajstić information content (AvgIpc) is 3.13. The largest absolute Gasteiger partial charge is 0.493 e. The number of rotatable bonds is 8. The van der Waals surface area contributed by atoms with Gasteiger partial charge in [0.15, 0.2) is 16.6 Å². The van der Waals surface area contributed by atoms with Crippen LogP contribution in [0.2, 0.25) is 5.02 Å². The molecule has 0 atom stereocenters. The number of amides is 1. The van der Waals surface area contributed by atoms with Crippen LogP contribution in [0, 0.1) is 0 Å². The summed E-state index contributed by atoms with van der Waals surface area (Å²) < 4.78 is 11.1. The highest BCUT2D eigenvalue weighted by atomic mass is 35.5. The van der Waals surface area contributed by atoms with Crippen LogP contribution >= 0.6 is 22.9 Å². The van der Waals surface area contributed by atoms with Crippen LogP contribution in [0.25, 0.3) is 0 Å². The number of fused-ring (bicyclic) bond motifs is 1. The Hall–Kier alpha value is -2.05. The van der Waals surface area contributed by atoms with Crippen LogP contribution < -0.4 is 14.4 Å². The van der Waals surface area contributed by atoms with Crippen LogP contribution in [-0.2, 0) is 12.8 Å². The molecular weight excluding hydrogens is 396 g/mol. The summed E-state index contributed by atoms with van der Waals surface area (Å²) in [5, 5.41) is 1.06. The number of hydrogen-bond donors (Lipinski definition) is 0. The fraction of sp³-hybridized carbons (Fsp3) is 0.429. The van der Waals surface area contributed by atoms with Crippen LogP contribution in [0.3, 0.4) is 0 Å². The molecule has 0 radical (unpaired) electrons. The minimum absolute atomic E-state index is 0.187. The number of anilines is 1. The fourth-order valence-corrected chi connectivity index (χ4v) is 4.60. The molecule has 0 unspecified atom stereocenters. The lowest BCUT2D eigenvalue weighted by Gasteiger charge is -2.20. The molecule has 1 aliphatic carbocycles. The van der Waals surface area contributed by atoms with Gasteiger partial charge in [-0.2, -0.15) is 0 Å². The number of aryl methyl sites for hydroxylation is 2. The molecule has 0 saturated carbocycles. The lowest BCUT2D eigenvalue weighted by molar-refractivity contribution is 0.0989. The number of halogens is 1. The van der Waals surface area contributed by atoms with Crippen LogP contribution in [0.15, 0.2) is 24.8 Å². The van der Waals surface area contributed by atoms with Crippen molar-refractivity contribution in [3.8, 4) is 11.5 Å². The third-order valence-electron chi connectivity index (χ3n) is 4.55. The quantitative estimate of drug-likeness (QED) is 0.543. The summed E-state index contributed by atoms with van der Waals surface area (Å²) in [5.41, 5.74) is 1.55. The summed E-state index contributed by atoms with van der Waals surface area (Å²) in [6.07, 6.45) is 6.89. The summed E-state index contributed by atoms with van der Waals surface area (Å²) >= 11 is 7.99. The summed E-state index contributed by atoms with van der Waals surface area (Å²) in [6.45, 7) is 6.71. The van der Waals surface area contributed by atoms with Crippen LogP contribution in [0.1, 0.15) is 47.1 Å². The summed E-state index contributed by atoms with van der Waals surface area (Å²) in [4.78, 5) is 20.9. The number of hydrogen-bond acceptors (Lipinski definition) is 5. The van der Waals surface area contributed by atoms with Gasteiger partial charge in [-0.3, -0.25) is 9.69 Å². The number of benzene rings is 1. The number of aromatic nitrogens is 1. The number of carbonyl (C=O) groups excluding carboxylic acids is 1. The fourth-order valence-electron chi connectivity index (χ4n) is 3.17. The molecule has 1 heterocycles. The SMILES string of the molecule is C=CCN(C(=O)c1cc(Cl)c(OCCC)c(OC)c1)c1nc2c(s1)CCCC2. The molecule has 0 saturated heterocycles. The summed E-state index contributed by atoms with van der Waals surface area (Å²) in [6, 6.07) is 3.30. The van der Waals surface area contributed by atoms with Gasteiger partial charge in [-0.25, -0.2) is 4.98 Å². The van der Waals surface area contributed by atoms with Crippen molar-refractivity contribution in [2.45, 2.75) is 39.0 Å². The minimum atomic E-state index is -0.187. The minimum Gasteiger partial charge on any atom is -0.493 e. The van der Waals surface area contributed by atoms with E-state index in [-0.39, 0.29) is 5.91 Å². The molecule has 0 aliphatic heterocycles. The first-order valence-electron chi connectivity index (χ1n) is 9.50. The summed E-state index contributed by atoms with van der Waals surface area (Å²) in [7, 11) is 1.54. The van der Waals surface area contributed by atoms with Gasteiger partial charge in [0.05, 0.1) is 24.4 Å². The van der Waals surface area contributed by atoms with E-state index >= 15 is 0 Å². The van der Waals surface area contributed by atoms with Gasteiger partial charge >= 0.3 is 0 Å². The second kappa shape index (κ2) is 9.43. The van der Waals surface area contributed by atoms with E-state index in [0.29, 0.717) is 40.4 Å². The molecule has 1 aromatic heterocycles. The van der Waals surface area contributed by atoms with Crippen molar-refractivity contribution < 1.29 is 14.3 Å². The van der Waals surface area contributed by atoms with Gasteiger partial charge in [-0.15, -0.1) is 17.9 Å². The lowest BCUT2D eigenvalue weighted by atomic mass is 10.0. The Morgan fingerprint density at radius 3 is 2.86 bits per heavy atom. The molecule has 5 nitrogen and oxygen atoms in total. The van der Waals surface area contributed by atoms with E-state index in [9.17, 15) is 4.79 Å². The van der Waals surface area contributed by atoms with Gasteiger partial charge in [0.1, 0.15) is 0 Å². The number of nitrogens with zero attached hydrogens (tertiary/aromatic N) is 2. The highest BCUT2D eigenvalue weighted by Crippen LogP contribution is 2.38. The molecule has 3 rings (SSSR count). The van der Waals surface area contributed by atoms with Gasteiger partial charge in [-0.05, 0) is 44.2 Å². The molecule has 0 N–H and O–H groups in total. The molecule has 0 fully saturated rings. The van der Waals surface area contributed by atoms with Crippen molar-refractivity contribution >= 4 is 34.0 Å². The van der Waals surface area contributed by atoms with E-state index in [2.05, 4.69) is 6.58 Å². The maximum absolute atomic E-state index is 13.3. The second-order valence-electron chi connectivity index (χ2n) is 6.62. The van der Waals surface area contributed by atoms with Crippen LogP contribution in [0.4, 0.5) is 5.13 Å². The molecule has 0 bridgehead atoms. The van der Waals surface area contributed by atoms with Crippen LogP contribution in [0.5, 0.6) is 11.5 Å². The Morgan fingerprint density at radius 1 is 1.39 bits per heavy atom. The average molecular weight is 421 g/mol. The zero-order valence-corrected chi connectivity index (χ0v) is 17.9. The lowest BCUT2D eigenvalue weighted by Crippen LogP contribution is -2.31. The molecule has 7 heteroatoms. The predicted molar refractivity (Wildman–Crippen MR) is 114 cm³/mol. The van der Waals surface area contributed by atoms with E-state index in [1.54, 1.807) is 34.4 Å². The van der Waals surface area contributed by atoms with Crippen molar-refractivity contribution in [3.63, 3.8) is 0 Å². The maximum Gasteiger partial charge on any atom is 0.260 e. The van der Waals surface area contributed by atoms with E-state index < -0.39 is 0 Å². The third kappa shape index (κ3) is 4.33. The Balaban J connectivity index is 1.94. The molecular formula is C21H25ClN2O3S. The second-order valence-corrected chi connectivity index (χ2v) is 8.09. The standard InChI is InChI=1S/C21H25ClN2O3S/c1-4-10-24(21-23-16-8-6-7-9-18(16)28-21)20(25)14-12-15(22)19(27-11-5-2)17(13-14)26-3/h4,12-13H,1,5-11H2,2-3H3. The highest BCUT2D eigenvalue weighted by molar-refractivity contribution is 7.16. The monoisotopic (exact) mass is 420 g/mol. The van der Waals surface area contributed by atoms with Crippen molar-refractivity contribution in [1.82, 2.24) is 4.98 Å². The molecule has 0 spiro atoms. The highest BCUT2D eigenvalue weighted by Gasteiger charge is 2.25. The zero-order chi connectivity index (χ0) is 20.1. The molecule has 1 aliphatic rings. The first-order valence-corrected chi connectivity index (χ1v) is 10.7. The van der Waals surface area contributed by atoms with Gasteiger partial charge in [0.25, 0.3) is 5.91 Å². The Labute approximate surface area is 174 Å². The maximum atomic E-state index is 13.3. The topological polar surface area (TPSA) is 51.7 Å². The smallest absolute Gasteiger partial charge is 0.260 e. The molecule has 2 aromatic rings. The van der Waals surface area contributed by atoms with E-state index in [4.69, 9.17) is 26.1 Å². The number of methoxy groups -OCH3 is 1. The number of carbonyl (C=O) groups is 1. The molecule has 150 valence electrons. The van der Waals surface area contributed by atoms with Gasteiger partial charge < -0.3 is 9.47 Å². The van der Waals surface area contributed by atoms with Gasteiger partial charge in [-0.1, -0.05) is 24.6 Å². The van der Waals surface area contributed by atoms with Crippen LogP contribution in [-0.4, -0.2) is 31.2 Å². The normalized spacial score (nSPS) is 13.0. The third-order valence-corrected chi connectivity index (χ3v) is 6.01. The number of ether oxygens (including phenoxy) is 2. The number of thiazole rings is 1. The van der Waals surface area contributed by atoms with E-state index in [0.717, 1.165) is 31.4 Å². The Morgan fingerprint density at radius 2 is 2.18 bits per heavy atom. The molecule has 28 heavy (non-hydrogen) atoms. The van der Waals surface area contributed by atoms with Gasteiger partial charge in [0, 0.05) is 17.0 Å². The summed E-state index contributed by atoms with van der Waals surface area (Å²) in [5.74, 6) is 0.720. The zero-order valence-electron chi connectivity index (χ0n) is 16.3. The first kappa shape index (κ1) is 20.7. The predicted octanol–water partition coefficient (Wildman–Crippen LogP) is 5.31. The van der Waals surface area contributed by atoms with E-state index in [1.807, 2.05) is 6.92 Å². The Kier molecular flexibility index (Phi) is 6.97.